The van der Waals surface area contributed by atoms with Crippen LogP contribution in [0, 0.1) is 0 Å². The van der Waals surface area contributed by atoms with Gasteiger partial charge in [-0.1, -0.05) is 12.1 Å². The molecular weight excluding hydrogens is 568 g/mol. The second kappa shape index (κ2) is 13.9. The van der Waals surface area contributed by atoms with E-state index in [0.29, 0.717) is 61.7 Å². The molecule has 2 heterocycles. The van der Waals surface area contributed by atoms with Gasteiger partial charge >= 0.3 is 17.8 Å². The lowest BCUT2D eigenvalue weighted by atomic mass is 10.1. The number of ether oxygens (including phenoxy) is 2. The monoisotopic (exact) mass is 608 g/mol. The third-order valence-corrected chi connectivity index (χ3v) is 7.19. The number of nitrogens with zero attached hydrogens (tertiary/aromatic N) is 4. The Morgan fingerprint density at radius 1 is 0.864 bits per heavy atom. The molecule has 0 bridgehead atoms. The Morgan fingerprint density at radius 3 is 2.18 bits per heavy atom. The predicted molar refractivity (Wildman–Crippen MR) is 168 cm³/mol. The highest BCUT2D eigenvalue weighted by atomic mass is 16.6. The van der Waals surface area contributed by atoms with Crippen molar-refractivity contribution in [2.45, 2.75) is 46.4 Å². The Morgan fingerprint density at radius 2 is 1.55 bits per heavy atom. The molecule has 1 fully saturated rings. The number of hydrogen-bond acceptors (Lipinski definition) is 8. The molecule has 1 aliphatic heterocycles. The fourth-order valence-electron chi connectivity index (χ4n) is 4.93. The fraction of sp³-hybridized carbons (Fsp3) is 0.452. The first-order valence-corrected chi connectivity index (χ1v) is 14.5. The van der Waals surface area contributed by atoms with E-state index in [0.717, 1.165) is 4.57 Å². The molecule has 1 saturated heterocycles. The standard InChI is InChI=1S/C31H40N6O7/c1-21(38)22-7-6-8-23(19-22)32-28(40)33-24-9-10-26-25(20-24)27(39)37(17-18-43-5)29(41)36(26)16-13-34-11-14-35(15-12-34)30(42)44-31(2,3)4/h6-10,19-20H,11-18H2,1-5H3,(H2,32,33,40). The number of nitrogens with one attached hydrogen (secondary N) is 2. The number of Topliss-reactive ketones (excluding diaryl/α,β-unsaturated/α-hetero) is 1. The second-order valence-electron chi connectivity index (χ2n) is 11.6. The summed E-state index contributed by atoms with van der Waals surface area (Å²) in [7, 11) is 1.49. The third-order valence-electron chi connectivity index (χ3n) is 7.19. The van der Waals surface area contributed by atoms with Gasteiger partial charge in [0.25, 0.3) is 5.56 Å². The zero-order valence-corrected chi connectivity index (χ0v) is 25.8. The van der Waals surface area contributed by atoms with E-state index < -0.39 is 22.9 Å². The number of carbonyl (C=O) groups excluding carboxylic acids is 3. The van der Waals surface area contributed by atoms with Crippen molar-refractivity contribution in [3.8, 4) is 0 Å². The number of piperazine rings is 1. The van der Waals surface area contributed by atoms with Crippen LogP contribution in [0.2, 0.25) is 0 Å². The average molecular weight is 609 g/mol. The minimum atomic E-state index is -0.566. The summed E-state index contributed by atoms with van der Waals surface area (Å²) in [5, 5.41) is 5.68. The van der Waals surface area contributed by atoms with Crippen molar-refractivity contribution in [3.63, 3.8) is 0 Å². The van der Waals surface area contributed by atoms with Gasteiger partial charge in [-0.2, -0.15) is 0 Å². The molecule has 44 heavy (non-hydrogen) atoms. The number of rotatable bonds is 9. The van der Waals surface area contributed by atoms with Gasteiger partial charge in [0.05, 0.1) is 24.1 Å². The molecule has 13 nitrogen and oxygen atoms in total. The maximum Gasteiger partial charge on any atom is 0.410 e. The van der Waals surface area contributed by atoms with E-state index in [1.54, 1.807) is 51.9 Å². The zero-order chi connectivity index (χ0) is 32.0. The highest BCUT2D eigenvalue weighted by molar-refractivity contribution is 6.02. The number of amides is 3. The summed E-state index contributed by atoms with van der Waals surface area (Å²) in [6.07, 6.45) is -0.341. The molecule has 0 atom stereocenters. The third kappa shape index (κ3) is 8.11. The van der Waals surface area contributed by atoms with Crippen LogP contribution in [0.5, 0.6) is 0 Å². The first-order chi connectivity index (χ1) is 20.9. The molecule has 0 aliphatic carbocycles. The number of ketones is 1. The lowest BCUT2D eigenvalue weighted by Crippen LogP contribution is -2.51. The highest BCUT2D eigenvalue weighted by Crippen LogP contribution is 2.18. The molecular formula is C31H40N6O7. The minimum absolute atomic E-state index is 0.0727. The summed E-state index contributed by atoms with van der Waals surface area (Å²) in [6, 6.07) is 10.8. The van der Waals surface area contributed by atoms with Crippen LogP contribution in [0.1, 0.15) is 38.1 Å². The van der Waals surface area contributed by atoms with Crippen molar-refractivity contribution >= 4 is 40.2 Å². The molecule has 3 amide bonds. The van der Waals surface area contributed by atoms with Crippen molar-refractivity contribution in [1.82, 2.24) is 18.9 Å². The molecule has 1 aliphatic rings. The SMILES string of the molecule is COCCn1c(=O)c2cc(NC(=O)Nc3cccc(C(C)=O)c3)ccc2n(CCN2CCN(C(=O)OC(C)(C)C)CC2)c1=O. The van der Waals surface area contributed by atoms with Gasteiger partial charge in [-0.25, -0.2) is 14.4 Å². The first kappa shape index (κ1) is 32.4. The Hall–Kier alpha value is -4.49. The molecule has 236 valence electrons. The molecule has 4 rings (SSSR count). The van der Waals surface area contributed by atoms with E-state index in [9.17, 15) is 24.0 Å². The largest absolute Gasteiger partial charge is 0.444 e. The van der Waals surface area contributed by atoms with Crippen LogP contribution in [0.4, 0.5) is 21.0 Å². The van der Waals surface area contributed by atoms with Gasteiger partial charge in [0.15, 0.2) is 5.78 Å². The van der Waals surface area contributed by atoms with Gasteiger partial charge in [0, 0.05) is 63.3 Å². The van der Waals surface area contributed by atoms with Crippen molar-refractivity contribution in [2.75, 3.05) is 57.1 Å². The van der Waals surface area contributed by atoms with E-state index in [1.165, 1.54) is 14.0 Å². The van der Waals surface area contributed by atoms with E-state index in [1.807, 2.05) is 20.8 Å². The van der Waals surface area contributed by atoms with Gasteiger partial charge in [-0.15, -0.1) is 0 Å². The van der Waals surface area contributed by atoms with Gasteiger partial charge in [0.1, 0.15) is 5.60 Å². The van der Waals surface area contributed by atoms with Gasteiger partial charge in [0.2, 0.25) is 0 Å². The number of methoxy groups -OCH3 is 1. The Kier molecular flexibility index (Phi) is 10.2. The Labute approximate surface area is 255 Å². The summed E-state index contributed by atoms with van der Waals surface area (Å²) in [5.41, 5.74) is 0.215. The summed E-state index contributed by atoms with van der Waals surface area (Å²) in [4.78, 5) is 67.6. The number of benzene rings is 2. The maximum atomic E-state index is 13.5. The number of fused-ring (bicyclic) bond motifs is 1. The molecule has 13 heteroatoms. The van der Waals surface area contributed by atoms with Crippen molar-refractivity contribution in [2.24, 2.45) is 0 Å². The van der Waals surface area contributed by atoms with E-state index in [-0.39, 0.29) is 30.4 Å². The number of carbonyl (C=O) groups is 3. The second-order valence-corrected chi connectivity index (χ2v) is 11.6. The van der Waals surface area contributed by atoms with E-state index in [2.05, 4.69) is 15.5 Å². The number of anilines is 2. The van der Waals surface area contributed by atoms with Crippen molar-refractivity contribution < 1.29 is 23.9 Å². The van der Waals surface area contributed by atoms with Crippen LogP contribution in [-0.4, -0.2) is 88.9 Å². The maximum absolute atomic E-state index is 13.5. The topological polar surface area (TPSA) is 144 Å². The average Bonchev–Trinajstić information content (AvgIpc) is 2.96. The Balaban J connectivity index is 1.52. The van der Waals surface area contributed by atoms with Crippen LogP contribution >= 0.6 is 0 Å². The van der Waals surface area contributed by atoms with Crippen LogP contribution in [-0.2, 0) is 22.6 Å². The molecule has 0 spiro atoms. The van der Waals surface area contributed by atoms with Crippen LogP contribution < -0.4 is 21.9 Å². The summed E-state index contributed by atoms with van der Waals surface area (Å²) < 4.78 is 13.3. The van der Waals surface area contributed by atoms with E-state index in [4.69, 9.17) is 9.47 Å². The summed E-state index contributed by atoms with van der Waals surface area (Å²) >= 11 is 0. The zero-order valence-electron chi connectivity index (χ0n) is 25.8. The van der Waals surface area contributed by atoms with Crippen LogP contribution in [0.25, 0.3) is 10.9 Å². The van der Waals surface area contributed by atoms with Crippen LogP contribution in [0.3, 0.4) is 0 Å². The molecule has 2 N–H and O–H groups in total. The van der Waals surface area contributed by atoms with Gasteiger partial charge in [-0.05, 0) is 58.0 Å². The number of hydrogen-bond donors (Lipinski definition) is 2. The first-order valence-electron chi connectivity index (χ1n) is 14.5. The quantitative estimate of drug-likeness (QED) is 0.353. The molecule has 0 unspecified atom stereocenters. The molecule has 2 aromatic carbocycles. The van der Waals surface area contributed by atoms with Crippen molar-refractivity contribution in [1.29, 1.82) is 0 Å². The number of urea groups is 1. The Bertz CT molecular complexity index is 1650. The highest BCUT2D eigenvalue weighted by Gasteiger charge is 2.26. The normalized spacial score (nSPS) is 14.0. The minimum Gasteiger partial charge on any atom is -0.444 e. The van der Waals surface area contributed by atoms with Crippen LogP contribution in [0.15, 0.2) is 52.1 Å². The fourth-order valence-corrected chi connectivity index (χ4v) is 4.93. The van der Waals surface area contributed by atoms with Gasteiger partial charge in [-0.3, -0.25) is 23.6 Å². The van der Waals surface area contributed by atoms with Crippen molar-refractivity contribution in [3.05, 3.63) is 68.9 Å². The summed E-state index contributed by atoms with van der Waals surface area (Å²) in [5.74, 6) is -0.123. The molecule has 0 radical (unpaired) electrons. The molecule has 3 aromatic rings. The number of aromatic nitrogens is 2. The smallest absolute Gasteiger partial charge is 0.410 e. The molecule has 1 aromatic heterocycles. The molecule has 0 saturated carbocycles. The lowest BCUT2D eigenvalue weighted by molar-refractivity contribution is 0.0143. The van der Waals surface area contributed by atoms with E-state index >= 15 is 0 Å². The lowest BCUT2D eigenvalue weighted by Gasteiger charge is -2.35. The predicted octanol–water partition coefficient (Wildman–Crippen LogP) is 3.21. The summed E-state index contributed by atoms with van der Waals surface area (Å²) in [6.45, 7) is 10.3. The van der Waals surface area contributed by atoms with Gasteiger partial charge < -0.3 is 25.0 Å².